The van der Waals surface area contributed by atoms with Crippen LogP contribution in [0.1, 0.15) is 0 Å². The van der Waals surface area contributed by atoms with Crippen LogP contribution in [-0.4, -0.2) is 56.4 Å². The SMILES string of the molecule is COC(C=O)OC(C(=O)O)C(C=O)OC. The molecule has 0 aromatic heterocycles. The van der Waals surface area contributed by atoms with Crippen molar-refractivity contribution in [2.75, 3.05) is 14.2 Å². The molecule has 0 rings (SSSR count). The first kappa shape index (κ1) is 13.7. The van der Waals surface area contributed by atoms with Crippen LogP contribution in [0.25, 0.3) is 0 Å². The number of aldehydes is 2. The van der Waals surface area contributed by atoms with E-state index < -0.39 is 24.5 Å². The van der Waals surface area contributed by atoms with Gasteiger partial charge in [0.05, 0.1) is 0 Å². The fourth-order valence-electron chi connectivity index (χ4n) is 0.814. The summed E-state index contributed by atoms with van der Waals surface area (Å²) < 4.78 is 13.8. The Labute approximate surface area is 85.9 Å². The standard InChI is InChI=1S/C8H12O7/c1-13-5(3-9)7(8(11)12)15-6(4-10)14-2/h3-7H,1-2H3,(H,11,12). The van der Waals surface area contributed by atoms with Crippen LogP contribution in [0.15, 0.2) is 0 Å². The summed E-state index contributed by atoms with van der Waals surface area (Å²) in [7, 11) is 2.32. The second-order valence-corrected chi connectivity index (χ2v) is 2.47. The van der Waals surface area contributed by atoms with E-state index in [-0.39, 0.29) is 12.6 Å². The highest BCUT2D eigenvalue weighted by atomic mass is 16.7. The van der Waals surface area contributed by atoms with Gasteiger partial charge >= 0.3 is 5.97 Å². The third-order valence-corrected chi connectivity index (χ3v) is 1.57. The third kappa shape index (κ3) is 4.15. The van der Waals surface area contributed by atoms with Crippen LogP contribution in [0.2, 0.25) is 0 Å². The minimum atomic E-state index is -1.58. The fraction of sp³-hybridized carbons (Fsp3) is 0.625. The summed E-state index contributed by atoms with van der Waals surface area (Å²) in [5.41, 5.74) is 0. The van der Waals surface area contributed by atoms with Gasteiger partial charge in [0.1, 0.15) is 6.10 Å². The van der Waals surface area contributed by atoms with Crippen molar-refractivity contribution in [2.24, 2.45) is 0 Å². The Hall–Kier alpha value is -1.31. The largest absolute Gasteiger partial charge is 0.479 e. The molecule has 0 radical (unpaired) electrons. The molecule has 0 aliphatic heterocycles. The van der Waals surface area contributed by atoms with E-state index in [1.54, 1.807) is 0 Å². The van der Waals surface area contributed by atoms with Gasteiger partial charge in [-0.2, -0.15) is 0 Å². The molecule has 0 aromatic rings. The molecule has 0 fully saturated rings. The average Bonchev–Trinajstić information content (AvgIpc) is 2.24. The van der Waals surface area contributed by atoms with E-state index in [2.05, 4.69) is 9.47 Å². The fourth-order valence-corrected chi connectivity index (χ4v) is 0.814. The van der Waals surface area contributed by atoms with Gasteiger partial charge in [-0.1, -0.05) is 0 Å². The van der Waals surface area contributed by atoms with Crippen LogP contribution < -0.4 is 0 Å². The smallest absolute Gasteiger partial charge is 0.336 e. The van der Waals surface area contributed by atoms with Crippen LogP contribution in [0.3, 0.4) is 0 Å². The van der Waals surface area contributed by atoms with Gasteiger partial charge in [-0.15, -0.1) is 0 Å². The maximum Gasteiger partial charge on any atom is 0.336 e. The van der Waals surface area contributed by atoms with Gasteiger partial charge in [0.15, 0.2) is 18.7 Å². The van der Waals surface area contributed by atoms with Gasteiger partial charge in [0.25, 0.3) is 0 Å². The van der Waals surface area contributed by atoms with Crippen LogP contribution in [0.4, 0.5) is 0 Å². The van der Waals surface area contributed by atoms with E-state index in [0.717, 1.165) is 7.11 Å². The van der Waals surface area contributed by atoms with Gasteiger partial charge in [0.2, 0.25) is 6.29 Å². The second kappa shape index (κ2) is 7.04. The van der Waals surface area contributed by atoms with Crippen molar-refractivity contribution in [3.8, 4) is 0 Å². The molecular formula is C8H12O7. The van der Waals surface area contributed by atoms with Gasteiger partial charge in [-0.3, -0.25) is 4.79 Å². The number of hydrogen-bond acceptors (Lipinski definition) is 6. The molecule has 0 aliphatic carbocycles. The summed E-state index contributed by atoms with van der Waals surface area (Å²) in [5, 5.41) is 8.71. The van der Waals surface area contributed by atoms with E-state index in [1.807, 2.05) is 0 Å². The van der Waals surface area contributed by atoms with Crippen LogP contribution in [-0.2, 0) is 28.6 Å². The Balaban J connectivity index is 4.58. The van der Waals surface area contributed by atoms with E-state index in [4.69, 9.17) is 9.84 Å². The summed E-state index contributed by atoms with van der Waals surface area (Å²) in [4.78, 5) is 31.5. The summed E-state index contributed by atoms with van der Waals surface area (Å²) in [5.74, 6) is -1.42. The molecule has 3 atom stereocenters. The Morgan fingerprint density at radius 1 is 1.20 bits per heavy atom. The minimum absolute atomic E-state index is 0.271. The lowest BCUT2D eigenvalue weighted by Crippen LogP contribution is -2.42. The lowest BCUT2D eigenvalue weighted by molar-refractivity contribution is -0.195. The number of aliphatic carboxylic acids is 1. The molecule has 15 heavy (non-hydrogen) atoms. The molecule has 0 saturated heterocycles. The van der Waals surface area contributed by atoms with Crippen molar-refractivity contribution >= 4 is 18.5 Å². The minimum Gasteiger partial charge on any atom is -0.479 e. The van der Waals surface area contributed by atoms with E-state index >= 15 is 0 Å². The molecule has 7 heteroatoms. The Morgan fingerprint density at radius 3 is 2.07 bits per heavy atom. The molecule has 0 bridgehead atoms. The summed E-state index contributed by atoms with van der Waals surface area (Å²) in [6.45, 7) is 0. The zero-order chi connectivity index (χ0) is 11.8. The normalized spacial score (nSPS) is 16.4. The highest BCUT2D eigenvalue weighted by Crippen LogP contribution is 2.05. The lowest BCUT2D eigenvalue weighted by atomic mass is 10.2. The van der Waals surface area contributed by atoms with Crippen molar-refractivity contribution in [3.63, 3.8) is 0 Å². The number of carboxylic acid groups (broad SMARTS) is 1. The van der Waals surface area contributed by atoms with Crippen LogP contribution in [0, 0.1) is 0 Å². The zero-order valence-electron chi connectivity index (χ0n) is 8.28. The van der Waals surface area contributed by atoms with Crippen molar-refractivity contribution in [1.82, 2.24) is 0 Å². The molecule has 0 aliphatic rings. The number of ether oxygens (including phenoxy) is 3. The van der Waals surface area contributed by atoms with E-state index in [9.17, 15) is 14.4 Å². The van der Waals surface area contributed by atoms with Crippen molar-refractivity contribution in [1.29, 1.82) is 0 Å². The topological polar surface area (TPSA) is 99.1 Å². The number of methoxy groups -OCH3 is 2. The first-order valence-corrected chi connectivity index (χ1v) is 3.95. The van der Waals surface area contributed by atoms with Gasteiger partial charge in [-0.05, 0) is 0 Å². The Bertz CT molecular complexity index is 227. The van der Waals surface area contributed by atoms with Crippen molar-refractivity contribution in [2.45, 2.75) is 18.5 Å². The monoisotopic (exact) mass is 220 g/mol. The maximum atomic E-state index is 10.7. The number of rotatable bonds is 8. The predicted molar refractivity (Wildman–Crippen MR) is 46.2 cm³/mol. The molecule has 0 spiro atoms. The predicted octanol–water partition coefficient (Wildman–Crippen LogP) is -1.16. The first-order chi connectivity index (χ1) is 7.10. The lowest BCUT2D eigenvalue weighted by Gasteiger charge is -2.20. The molecule has 1 N–H and O–H groups in total. The molecule has 0 amide bonds. The number of carbonyl (C=O) groups excluding carboxylic acids is 2. The molecule has 0 heterocycles. The third-order valence-electron chi connectivity index (χ3n) is 1.57. The maximum absolute atomic E-state index is 10.7. The summed E-state index contributed by atoms with van der Waals surface area (Å²) in [6, 6.07) is 0. The second-order valence-electron chi connectivity index (χ2n) is 2.47. The number of carboxylic acids is 1. The molecule has 7 nitrogen and oxygen atoms in total. The average molecular weight is 220 g/mol. The Morgan fingerprint density at radius 2 is 1.80 bits per heavy atom. The Kier molecular flexibility index (Phi) is 6.43. The van der Waals surface area contributed by atoms with Crippen molar-refractivity contribution < 1.29 is 33.7 Å². The summed E-state index contributed by atoms with van der Waals surface area (Å²) in [6.07, 6.45) is -3.67. The van der Waals surface area contributed by atoms with Crippen LogP contribution in [0.5, 0.6) is 0 Å². The number of carbonyl (C=O) groups is 3. The molecular weight excluding hydrogens is 208 g/mol. The quantitative estimate of drug-likeness (QED) is 0.407. The molecule has 0 saturated carbocycles. The van der Waals surface area contributed by atoms with Crippen molar-refractivity contribution in [3.05, 3.63) is 0 Å². The molecule has 86 valence electrons. The van der Waals surface area contributed by atoms with E-state index in [0.29, 0.717) is 0 Å². The van der Waals surface area contributed by atoms with E-state index in [1.165, 1.54) is 7.11 Å². The van der Waals surface area contributed by atoms with Gasteiger partial charge in [-0.25, -0.2) is 4.79 Å². The molecule has 3 unspecified atom stereocenters. The van der Waals surface area contributed by atoms with Gasteiger partial charge < -0.3 is 24.1 Å². The molecule has 0 aromatic carbocycles. The number of hydrogen-bond donors (Lipinski definition) is 1. The summed E-state index contributed by atoms with van der Waals surface area (Å²) >= 11 is 0. The van der Waals surface area contributed by atoms with Crippen LogP contribution >= 0.6 is 0 Å². The van der Waals surface area contributed by atoms with Gasteiger partial charge in [0, 0.05) is 14.2 Å². The first-order valence-electron chi connectivity index (χ1n) is 3.95. The zero-order valence-corrected chi connectivity index (χ0v) is 8.28. The highest BCUT2D eigenvalue weighted by molar-refractivity contribution is 5.78. The highest BCUT2D eigenvalue weighted by Gasteiger charge is 2.31.